The van der Waals surface area contributed by atoms with Gasteiger partial charge in [-0.25, -0.2) is 0 Å². The van der Waals surface area contributed by atoms with E-state index in [2.05, 4.69) is 0 Å². The van der Waals surface area contributed by atoms with Crippen LogP contribution in [0.5, 0.6) is 0 Å². The van der Waals surface area contributed by atoms with E-state index in [0.717, 1.165) is 12.8 Å². The Morgan fingerprint density at radius 3 is 2.53 bits per heavy atom. The summed E-state index contributed by atoms with van der Waals surface area (Å²) in [5, 5.41) is 0.0747. The Bertz CT molecular complexity index is 643. The second-order valence-electron chi connectivity index (χ2n) is 4.42. The highest BCUT2D eigenvalue weighted by Gasteiger charge is 2.33. The maximum absolute atomic E-state index is 12.9. The Kier molecular flexibility index (Phi) is 3.64. The molecule has 1 aromatic carbocycles. The number of rotatable bonds is 3. The van der Waals surface area contributed by atoms with E-state index < -0.39 is 17.3 Å². The third-order valence-corrected chi connectivity index (χ3v) is 3.06. The first-order valence-corrected chi connectivity index (χ1v) is 6.15. The minimum Gasteiger partial charge on any atom is -0.308 e. The molecule has 0 aliphatic carbocycles. The van der Waals surface area contributed by atoms with Crippen LogP contribution in [0, 0.1) is 0 Å². The zero-order chi connectivity index (χ0) is 14.0. The Hall–Kier alpha value is -1.78. The lowest BCUT2D eigenvalue weighted by Gasteiger charge is -2.14. The van der Waals surface area contributed by atoms with Crippen molar-refractivity contribution in [3.05, 3.63) is 46.2 Å². The predicted molar refractivity (Wildman–Crippen MR) is 68.1 cm³/mol. The highest BCUT2D eigenvalue weighted by molar-refractivity contribution is 5.83. The van der Waals surface area contributed by atoms with Crippen LogP contribution in [-0.4, -0.2) is 4.57 Å². The van der Waals surface area contributed by atoms with Gasteiger partial charge in [0.15, 0.2) is 0 Å². The van der Waals surface area contributed by atoms with Crippen LogP contribution in [0.2, 0.25) is 0 Å². The summed E-state index contributed by atoms with van der Waals surface area (Å²) >= 11 is 0. The fourth-order valence-corrected chi connectivity index (χ4v) is 2.12. The number of hydrogen-bond donors (Lipinski definition) is 0. The molecule has 0 saturated heterocycles. The van der Waals surface area contributed by atoms with Gasteiger partial charge in [0, 0.05) is 18.0 Å². The van der Waals surface area contributed by atoms with Gasteiger partial charge in [-0.1, -0.05) is 31.5 Å². The van der Waals surface area contributed by atoms with E-state index in [0.29, 0.717) is 18.1 Å². The van der Waals surface area contributed by atoms with Crippen LogP contribution in [0.15, 0.2) is 35.1 Å². The number of aromatic nitrogens is 1. The molecule has 0 spiro atoms. The zero-order valence-corrected chi connectivity index (χ0v) is 10.5. The third-order valence-electron chi connectivity index (χ3n) is 3.06. The number of benzene rings is 1. The molecular formula is C14H14F3NO. The number of para-hydroxylation sites is 1. The molecule has 0 radical (unpaired) electrons. The van der Waals surface area contributed by atoms with E-state index in [1.165, 1.54) is 10.6 Å². The number of alkyl halides is 3. The van der Waals surface area contributed by atoms with Crippen molar-refractivity contribution < 1.29 is 13.2 Å². The van der Waals surface area contributed by atoms with E-state index in [4.69, 9.17) is 0 Å². The van der Waals surface area contributed by atoms with E-state index in [1.54, 1.807) is 18.2 Å². The first-order valence-electron chi connectivity index (χ1n) is 6.15. The SMILES string of the molecule is CCCCn1c(=O)cc(C(F)(F)F)c2ccccc21. The molecule has 0 saturated carbocycles. The lowest BCUT2D eigenvalue weighted by atomic mass is 10.1. The Morgan fingerprint density at radius 2 is 1.89 bits per heavy atom. The standard InChI is InChI=1S/C14H14F3NO/c1-2-3-8-18-12-7-5-4-6-10(12)11(9-13(18)19)14(15,16)17/h4-7,9H,2-3,8H2,1H3. The summed E-state index contributed by atoms with van der Waals surface area (Å²) in [7, 11) is 0. The van der Waals surface area contributed by atoms with Gasteiger partial charge in [-0.3, -0.25) is 4.79 Å². The largest absolute Gasteiger partial charge is 0.417 e. The summed E-state index contributed by atoms with van der Waals surface area (Å²) < 4.78 is 40.2. The Balaban J connectivity index is 2.74. The maximum Gasteiger partial charge on any atom is 0.417 e. The molecule has 0 fully saturated rings. The molecule has 0 unspecified atom stereocenters. The molecule has 2 nitrogen and oxygen atoms in total. The van der Waals surface area contributed by atoms with Gasteiger partial charge >= 0.3 is 6.18 Å². The number of pyridine rings is 1. The molecule has 1 heterocycles. The van der Waals surface area contributed by atoms with E-state index in [-0.39, 0.29) is 5.39 Å². The molecule has 0 amide bonds. The Morgan fingerprint density at radius 1 is 1.21 bits per heavy atom. The highest BCUT2D eigenvalue weighted by atomic mass is 19.4. The topological polar surface area (TPSA) is 22.0 Å². The van der Waals surface area contributed by atoms with Crippen molar-refractivity contribution in [1.82, 2.24) is 4.57 Å². The van der Waals surface area contributed by atoms with Gasteiger partial charge in [0.25, 0.3) is 5.56 Å². The van der Waals surface area contributed by atoms with E-state index >= 15 is 0 Å². The second kappa shape index (κ2) is 5.07. The minimum absolute atomic E-state index is 0.0747. The minimum atomic E-state index is -4.51. The van der Waals surface area contributed by atoms with Crippen LogP contribution in [-0.2, 0) is 12.7 Å². The summed E-state index contributed by atoms with van der Waals surface area (Å²) in [6, 6.07) is 6.84. The zero-order valence-electron chi connectivity index (χ0n) is 10.5. The van der Waals surface area contributed by atoms with Crippen molar-refractivity contribution in [3.63, 3.8) is 0 Å². The van der Waals surface area contributed by atoms with Gasteiger partial charge in [0.1, 0.15) is 0 Å². The number of aryl methyl sites for hydroxylation is 1. The van der Waals surface area contributed by atoms with Crippen molar-refractivity contribution in [1.29, 1.82) is 0 Å². The van der Waals surface area contributed by atoms with Crippen LogP contribution in [0.1, 0.15) is 25.3 Å². The number of hydrogen-bond acceptors (Lipinski definition) is 1. The van der Waals surface area contributed by atoms with Crippen LogP contribution in [0.25, 0.3) is 10.9 Å². The average Bonchev–Trinajstić information content (AvgIpc) is 2.36. The van der Waals surface area contributed by atoms with Gasteiger partial charge in [0.05, 0.1) is 11.1 Å². The first kappa shape index (κ1) is 13.6. The molecule has 2 rings (SSSR count). The van der Waals surface area contributed by atoms with Gasteiger partial charge in [-0.15, -0.1) is 0 Å². The second-order valence-corrected chi connectivity index (χ2v) is 4.42. The molecule has 5 heteroatoms. The quantitative estimate of drug-likeness (QED) is 0.830. The van der Waals surface area contributed by atoms with Crippen molar-refractivity contribution >= 4 is 10.9 Å². The summed E-state index contributed by atoms with van der Waals surface area (Å²) in [4.78, 5) is 11.9. The fraction of sp³-hybridized carbons (Fsp3) is 0.357. The van der Waals surface area contributed by atoms with Crippen molar-refractivity contribution in [2.75, 3.05) is 0 Å². The monoisotopic (exact) mass is 269 g/mol. The first-order chi connectivity index (χ1) is 8.95. The molecule has 0 aliphatic rings. The third kappa shape index (κ3) is 2.64. The molecule has 1 aromatic heterocycles. The number of halogens is 3. The predicted octanol–water partition coefficient (Wildman–Crippen LogP) is 3.82. The molecule has 0 aliphatic heterocycles. The normalized spacial score (nSPS) is 12.0. The number of fused-ring (bicyclic) bond motifs is 1. The van der Waals surface area contributed by atoms with Crippen molar-refractivity contribution in [3.8, 4) is 0 Å². The lowest BCUT2D eigenvalue weighted by Crippen LogP contribution is -2.23. The molecule has 0 bridgehead atoms. The summed E-state index contributed by atoms with van der Waals surface area (Å²) in [5.41, 5.74) is -1.11. The molecule has 102 valence electrons. The molecule has 0 atom stereocenters. The Labute approximate surface area is 108 Å². The summed E-state index contributed by atoms with van der Waals surface area (Å²) in [5.74, 6) is 0. The molecular weight excluding hydrogens is 255 g/mol. The maximum atomic E-state index is 12.9. The van der Waals surface area contributed by atoms with Gasteiger partial charge in [0.2, 0.25) is 0 Å². The van der Waals surface area contributed by atoms with Crippen LogP contribution in [0.4, 0.5) is 13.2 Å². The fourth-order valence-electron chi connectivity index (χ4n) is 2.12. The van der Waals surface area contributed by atoms with Crippen molar-refractivity contribution in [2.24, 2.45) is 0 Å². The average molecular weight is 269 g/mol. The summed E-state index contributed by atoms with van der Waals surface area (Å²) in [6.07, 6.45) is -2.88. The van der Waals surface area contributed by atoms with Gasteiger partial charge < -0.3 is 4.57 Å². The number of unbranched alkanes of at least 4 members (excludes halogenated alkanes) is 1. The number of nitrogens with zero attached hydrogens (tertiary/aromatic N) is 1. The smallest absolute Gasteiger partial charge is 0.308 e. The molecule has 0 N–H and O–H groups in total. The highest BCUT2D eigenvalue weighted by Crippen LogP contribution is 2.33. The molecule has 2 aromatic rings. The lowest BCUT2D eigenvalue weighted by molar-refractivity contribution is -0.136. The summed E-state index contributed by atoms with van der Waals surface area (Å²) in [6.45, 7) is 2.41. The molecule has 19 heavy (non-hydrogen) atoms. The van der Waals surface area contributed by atoms with Crippen LogP contribution >= 0.6 is 0 Å². The van der Waals surface area contributed by atoms with Gasteiger partial charge in [-0.05, 0) is 12.5 Å². The van der Waals surface area contributed by atoms with Crippen LogP contribution < -0.4 is 5.56 Å². The van der Waals surface area contributed by atoms with Crippen LogP contribution in [0.3, 0.4) is 0 Å². The van der Waals surface area contributed by atoms with E-state index in [1.807, 2.05) is 6.92 Å². The van der Waals surface area contributed by atoms with Gasteiger partial charge in [-0.2, -0.15) is 13.2 Å². The van der Waals surface area contributed by atoms with Crippen molar-refractivity contribution in [2.45, 2.75) is 32.5 Å². The van der Waals surface area contributed by atoms with E-state index in [9.17, 15) is 18.0 Å².